The third kappa shape index (κ3) is 7.31. The van der Waals surface area contributed by atoms with E-state index < -0.39 is 57.8 Å². The molecule has 9 nitrogen and oxygen atoms in total. The average molecular weight is 599 g/mol. The lowest BCUT2D eigenvalue weighted by atomic mass is 9.80. The molecule has 2 aromatic rings. The molecule has 1 aliphatic carbocycles. The van der Waals surface area contributed by atoms with Crippen LogP contribution in [0, 0.1) is 11.8 Å². The number of sulfonamides is 1. The molecule has 2 aliphatic rings. The van der Waals surface area contributed by atoms with Gasteiger partial charge in [-0.2, -0.15) is 13.2 Å². The van der Waals surface area contributed by atoms with E-state index in [1.54, 1.807) is 18.2 Å². The van der Waals surface area contributed by atoms with Crippen molar-refractivity contribution in [2.75, 3.05) is 24.1 Å². The van der Waals surface area contributed by atoms with Crippen molar-refractivity contribution in [1.82, 2.24) is 4.98 Å². The summed E-state index contributed by atoms with van der Waals surface area (Å²) in [5.74, 6) is -0.535. The second kappa shape index (κ2) is 12.3. The standard InChI is InChI=1S/C28H33F3N2O7S/c1-17-9-18(2)11-20(10-17)12-19-3-5-24-23(13-19)33(16-22(40-24)4-6-26(35)36)41(37,38)25-14-21(28(29,30)31)15-32-27(25)39-8-7-34/h3,5,12-15,17-18,22,34H,4,6-11,16H2,1-2H3,(H,35,36)/b20-12-/t17-,18+,22+/m1/s1. The van der Waals surface area contributed by atoms with Crippen LogP contribution in [-0.4, -0.2) is 55.4 Å². The Morgan fingerprint density at radius 3 is 2.56 bits per heavy atom. The lowest BCUT2D eigenvalue weighted by Crippen LogP contribution is -2.44. The number of rotatable bonds is 9. The highest BCUT2D eigenvalue weighted by atomic mass is 32.2. The number of fused-ring (bicyclic) bond motifs is 1. The number of pyridine rings is 1. The van der Waals surface area contributed by atoms with Crippen LogP contribution in [0.2, 0.25) is 0 Å². The quantitative estimate of drug-likeness (QED) is 0.407. The molecule has 0 radical (unpaired) electrons. The van der Waals surface area contributed by atoms with Crippen molar-refractivity contribution in [3.8, 4) is 11.6 Å². The van der Waals surface area contributed by atoms with E-state index in [0.717, 1.165) is 23.6 Å². The van der Waals surface area contributed by atoms with Crippen LogP contribution in [0.5, 0.6) is 11.6 Å². The summed E-state index contributed by atoms with van der Waals surface area (Å²) in [5.41, 5.74) is 0.728. The lowest BCUT2D eigenvalue weighted by molar-refractivity contribution is -0.138. The minimum Gasteiger partial charge on any atom is -0.486 e. The Bertz CT molecular complexity index is 1400. The number of aliphatic hydroxyl groups is 1. The van der Waals surface area contributed by atoms with Crippen molar-refractivity contribution < 1.29 is 46.1 Å². The maximum absolute atomic E-state index is 14.1. The summed E-state index contributed by atoms with van der Waals surface area (Å²) in [6, 6.07) is 5.40. The smallest absolute Gasteiger partial charge is 0.417 e. The van der Waals surface area contributed by atoms with Crippen molar-refractivity contribution in [3.05, 3.63) is 47.2 Å². The molecule has 4 rings (SSSR count). The number of hydrogen-bond donors (Lipinski definition) is 2. The molecule has 3 atom stereocenters. The molecule has 1 aromatic heterocycles. The van der Waals surface area contributed by atoms with E-state index in [1.807, 2.05) is 6.08 Å². The molecule has 1 aromatic carbocycles. The van der Waals surface area contributed by atoms with Gasteiger partial charge >= 0.3 is 12.1 Å². The molecule has 2 heterocycles. The van der Waals surface area contributed by atoms with Gasteiger partial charge in [0.25, 0.3) is 10.0 Å². The molecular formula is C28H33F3N2O7S. The van der Waals surface area contributed by atoms with E-state index in [1.165, 1.54) is 5.57 Å². The van der Waals surface area contributed by atoms with Gasteiger partial charge < -0.3 is 19.7 Å². The summed E-state index contributed by atoms with van der Waals surface area (Å²) in [5, 5.41) is 18.3. The van der Waals surface area contributed by atoms with Crippen molar-refractivity contribution in [1.29, 1.82) is 0 Å². The first-order valence-corrected chi connectivity index (χ1v) is 14.8. The first-order chi connectivity index (χ1) is 19.3. The largest absolute Gasteiger partial charge is 0.486 e. The van der Waals surface area contributed by atoms with Gasteiger partial charge in [-0.05, 0) is 61.3 Å². The number of carboxylic acid groups (broad SMARTS) is 1. The summed E-state index contributed by atoms with van der Waals surface area (Å²) in [6.07, 6.45) is -0.713. The van der Waals surface area contributed by atoms with Crippen LogP contribution in [0.25, 0.3) is 6.08 Å². The fourth-order valence-corrected chi connectivity index (χ4v) is 7.02. The number of alkyl halides is 3. The van der Waals surface area contributed by atoms with Gasteiger partial charge in [-0.25, -0.2) is 13.4 Å². The number of allylic oxidation sites excluding steroid dienone is 1. The fourth-order valence-electron chi connectivity index (χ4n) is 5.41. The first-order valence-electron chi connectivity index (χ1n) is 13.3. The molecule has 224 valence electrons. The normalized spacial score (nSPS) is 22.2. The number of hydrogen-bond acceptors (Lipinski definition) is 7. The van der Waals surface area contributed by atoms with Gasteiger partial charge in [0.15, 0.2) is 4.90 Å². The Morgan fingerprint density at radius 2 is 1.93 bits per heavy atom. The summed E-state index contributed by atoms with van der Waals surface area (Å²) in [6.45, 7) is 3.10. The van der Waals surface area contributed by atoms with Crippen LogP contribution in [0.1, 0.15) is 57.1 Å². The number of halogens is 3. The third-order valence-electron chi connectivity index (χ3n) is 7.04. The minimum atomic E-state index is -4.88. The Hall–Kier alpha value is -3.32. The highest BCUT2D eigenvalue weighted by Crippen LogP contribution is 2.42. The molecule has 0 unspecified atom stereocenters. The van der Waals surface area contributed by atoms with E-state index in [4.69, 9.17) is 19.7 Å². The Labute approximate surface area is 236 Å². The number of benzene rings is 1. The molecule has 0 spiro atoms. The van der Waals surface area contributed by atoms with Crippen molar-refractivity contribution in [3.63, 3.8) is 0 Å². The van der Waals surface area contributed by atoms with Crippen LogP contribution in [0.4, 0.5) is 18.9 Å². The average Bonchev–Trinajstić information content (AvgIpc) is 2.89. The van der Waals surface area contributed by atoms with Crippen LogP contribution in [0.3, 0.4) is 0 Å². The number of aliphatic hydroxyl groups excluding tert-OH is 1. The predicted octanol–water partition coefficient (Wildman–Crippen LogP) is 5.13. The van der Waals surface area contributed by atoms with Gasteiger partial charge in [0, 0.05) is 12.6 Å². The van der Waals surface area contributed by atoms with E-state index in [-0.39, 0.29) is 30.8 Å². The molecule has 41 heavy (non-hydrogen) atoms. The molecule has 2 N–H and O–H groups in total. The summed E-state index contributed by atoms with van der Waals surface area (Å²) in [7, 11) is -4.74. The number of nitrogens with zero attached hydrogens (tertiary/aromatic N) is 2. The Morgan fingerprint density at radius 1 is 1.22 bits per heavy atom. The van der Waals surface area contributed by atoms with Gasteiger partial charge in [0.1, 0.15) is 18.5 Å². The summed E-state index contributed by atoms with van der Waals surface area (Å²) < 4.78 is 81.0. The van der Waals surface area contributed by atoms with Gasteiger partial charge in [-0.15, -0.1) is 0 Å². The SMILES string of the molecule is C[C@@H]1C/C(=C\c2ccc3c(c2)N(S(=O)(=O)c2cc(C(F)(F)F)cnc2OCCO)C[C@H](CCC(=O)O)O3)C[C@H](C)C1. The zero-order valence-corrected chi connectivity index (χ0v) is 23.5. The number of carbonyl (C=O) groups is 1. The van der Waals surface area contributed by atoms with Crippen molar-refractivity contribution >= 4 is 27.8 Å². The molecule has 1 aliphatic heterocycles. The second-order valence-corrected chi connectivity index (χ2v) is 12.5. The summed E-state index contributed by atoms with van der Waals surface area (Å²) >= 11 is 0. The van der Waals surface area contributed by atoms with E-state index in [9.17, 15) is 26.4 Å². The minimum absolute atomic E-state index is 0.0307. The van der Waals surface area contributed by atoms with Gasteiger partial charge in [-0.1, -0.05) is 31.6 Å². The molecule has 1 fully saturated rings. The third-order valence-corrected chi connectivity index (χ3v) is 8.81. The monoisotopic (exact) mass is 598 g/mol. The maximum atomic E-state index is 14.1. The van der Waals surface area contributed by atoms with Crippen LogP contribution in [0.15, 0.2) is 40.9 Å². The van der Waals surface area contributed by atoms with Gasteiger partial charge in [0.05, 0.1) is 24.4 Å². The topological polar surface area (TPSA) is 126 Å². The van der Waals surface area contributed by atoms with Crippen molar-refractivity contribution in [2.24, 2.45) is 11.8 Å². The van der Waals surface area contributed by atoms with Crippen molar-refractivity contribution in [2.45, 2.75) is 63.1 Å². The van der Waals surface area contributed by atoms with Crippen LogP contribution >= 0.6 is 0 Å². The Balaban J connectivity index is 1.81. The highest BCUT2D eigenvalue weighted by Gasteiger charge is 2.39. The summed E-state index contributed by atoms with van der Waals surface area (Å²) in [4.78, 5) is 14.0. The van der Waals surface area contributed by atoms with Gasteiger partial charge in [0.2, 0.25) is 5.88 Å². The Kier molecular flexibility index (Phi) is 9.17. The second-order valence-electron chi connectivity index (χ2n) is 10.7. The molecule has 1 saturated carbocycles. The lowest BCUT2D eigenvalue weighted by Gasteiger charge is -2.36. The number of anilines is 1. The molecular weight excluding hydrogens is 565 g/mol. The van der Waals surface area contributed by atoms with Gasteiger partial charge in [-0.3, -0.25) is 9.10 Å². The zero-order chi connectivity index (χ0) is 29.9. The maximum Gasteiger partial charge on any atom is 0.417 e. The number of ether oxygens (including phenoxy) is 2. The van der Waals surface area contributed by atoms with Crippen LogP contribution < -0.4 is 13.8 Å². The van der Waals surface area contributed by atoms with E-state index in [0.29, 0.717) is 29.7 Å². The number of aromatic nitrogens is 1. The number of carboxylic acids is 1. The zero-order valence-electron chi connectivity index (χ0n) is 22.7. The molecule has 0 amide bonds. The fraction of sp³-hybridized carbons (Fsp3) is 0.500. The van der Waals surface area contributed by atoms with Crippen LogP contribution in [-0.2, 0) is 21.0 Å². The highest BCUT2D eigenvalue weighted by molar-refractivity contribution is 7.93. The molecule has 0 bridgehead atoms. The predicted molar refractivity (Wildman–Crippen MR) is 144 cm³/mol. The van der Waals surface area contributed by atoms with E-state index in [2.05, 4.69) is 18.8 Å². The first kappa shape index (κ1) is 30.6. The van der Waals surface area contributed by atoms with E-state index >= 15 is 0 Å². The molecule has 13 heteroatoms. The molecule has 0 saturated heterocycles. The number of aliphatic carboxylic acids is 1.